The standard InChI is InChI=1S/C38H29ClN8S4/c1-17-10-24-22-7-5-4-6-21(22)18(2)34-26(8-9-30(35(24)34)47(17)3)41-28-15-29(33(51)16-32(28)50)43-38-45-36(39)44-37(46-38)42-27-13-20(48)11-19-12-31(49)25(40)14-23(19)27/h4-16,41,48-51H,1-2,40H2,3H3,(H2,42,43,44,45,46). The summed E-state index contributed by atoms with van der Waals surface area (Å²) in [6, 6.07) is 23.8. The summed E-state index contributed by atoms with van der Waals surface area (Å²) in [5.41, 5.74) is 11.6. The molecule has 1 aliphatic rings. The Bertz CT molecular complexity index is 2770. The van der Waals surface area contributed by atoms with Crippen LogP contribution < -0.4 is 37.0 Å². The fraction of sp³-hybridized carbons (Fsp3) is 0.0263. The summed E-state index contributed by atoms with van der Waals surface area (Å²) in [5.74, 6) is 0.431. The molecule has 0 radical (unpaired) electrons. The van der Waals surface area contributed by atoms with Gasteiger partial charge in [0.2, 0.25) is 17.2 Å². The van der Waals surface area contributed by atoms with Gasteiger partial charge in [0.05, 0.1) is 11.4 Å². The number of hydrogen-bond donors (Lipinski definition) is 8. The smallest absolute Gasteiger partial charge is 0.233 e. The summed E-state index contributed by atoms with van der Waals surface area (Å²) in [6.07, 6.45) is 2.14. The van der Waals surface area contributed by atoms with Crippen molar-refractivity contribution in [2.45, 2.75) is 19.6 Å². The number of thiol groups is 4. The highest BCUT2D eigenvalue weighted by Crippen LogP contribution is 2.39. The molecule has 0 amide bonds. The van der Waals surface area contributed by atoms with Gasteiger partial charge in [-0.2, -0.15) is 15.0 Å². The number of halogens is 1. The summed E-state index contributed by atoms with van der Waals surface area (Å²) in [6.45, 7) is 8.85. The number of hydrogen-bond acceptors (Lipinski definition) is 12. The second kappa shape index (κ2) is 12.8. The molecule has 0 bridgehead atoms. The summed E-state index contributed by atoms with van der Waals surface area (Å²) in [7, 11) is 2.03. The van der Waals surface area contributed by atoms with Crippen LogP contribution in [0, 0.1) is 0 Å². The van der Waals surface area contributed by atoms with Gasteiger partial charge < -0.3 is 26.6 Å². The maximum absolute atomic E-state index is 6.41. The third kappa shape index (κ3) is 5.96. The number of aromatic nitrogens is 3. The van der Waals surface area contributed by atoms with Crippen LogP contribution in [0.3, 0.4) is 0 Å². The molecule has 0 spiro atoms. The molecular formula is C38H29ClN8S4. The lowest BCUT2D eigenvalue weighted by Gasteiger charge is -2.28. The lowest BCUT2D eigenvalue weighted by molar-refractivity contribution is 1.06. The van der Waals surface area contributed by atoms with Crippen LogP contribution in [0.2, 0.25) is 5.28 Å². The molecule has 0 unspecified atom stereocenters. The van der Waals surface area contributed by atoms with Gasteiger partial charge in [0.25, 0.3) is 0 Å². The molecular weight excluding hydrogens is 732 g/mol. The van der Waals surface area contributed by atoms with Gasteiger partial charge in [-0.1, -0.05) is 37.4 Å². The van der Waals surface area contributed by atoms with E-state index < -0.39 is 0 Å². The molecule has 7 aromatic rings. The molecule has 0 fully saturated rings. The van der Waals surface area contributed by atoms with E-state index in [2.05, 4.69) is 111 Å². The second-order valence-corrected chi connectivity index (χ2v) is 14.5. The molecule has 8 rings (SSSR count). The SMILES string of the molecule is C=C1C=c2c3ccccc3c(=C)c3c(Nc4cc(Nc5nc(Cl)nc(Nc6cc(S)cc7cc(S)c(N)cc67)n5)c(S)cc4S)ccc(c23)N1C. The molecule has 2 heterocycles. The van der Waals surface area contributed by atoms with Crippen molar-refractivity contribution in [3.63, 3.8) is 0 Å². The Morgan fingerprint density at radius 3 is 2.12 bits per heavy atom. The van der Waals surface area contributed by atoms with Crippen LogP contribution >= 0.6 is 62.1 Å². The van der Waals surface area contributed by atoms with Crippen LogP contribution in [-0.4, -0.2) is 22.0 Å². The van der Waals surface area contributed by atoms with Crippen molar-refractivity contribution < 1.29 is 0 Å². The summed E-state index contributed by atoms with van der Waals surface area (Å²) < 4.78 is 0. The van der Waals surface area contributed by atoms with Crippen LogP contribution in [0.15, 0.2) is 105 Å². The minimum absolute atomic E-state index is 0.00756. The molecule has 8 nitrogen and oxygen atoms in total. The van der Waals surface area contributed by atoms with Gasteiger partial charge in [0.15, 0.2) is 0 Å². The Hall–Kier alpha value is -4.72. The molecule has 0 saturated carbocycles. The predicted octanol–water partition coefficient (Wildman–Crippen LogP) is 9.11. The number of nitrogens with two attached hydrogens (primary N) is 1. The number of rotatable bonds is 6. The monoisotopic (exact) mass is 760 g/mol. The van der Waals surface area contributed by atoms with Crippen LogP contribution in [0.5, 0.6) is 0 Å². The average Bonchev–Trinajstić information content (AvgIpc) is 3.08. The quantitative estimate of drug-likeness (QED) is 0.0483. The van der Waals surface area contributed by atoms with E-state index in [4.69, 9.17) is 42.6 Å². The maximum atomic E-state index is 6.41. The minimum Gasteiger partial charge on any atom is -0.398 e. The number of allylic oxidation sites excluding steroid dienone is 1. The average molecular weight is 761 g/mol. The Kier molecular flexibility index (Phi) is 8.39. The Morgan fingerprint density at radius 1 is 0.686 bits per heavy atom. The first-order valence-electron chi connectivity index (χ1n) is 15.6. The normalized spacial score (nSPS) is 12.4. The lowest BCUT2D eigenvalue weighted by atomic mass is 9.93. The van der Waals surface area contributed by atoms with Gasteiger partial charge in [-0.05, 0) is 92.8 Å². The third-order valence-electron chi connectivity index (χ3n) is 8.97. The van der Waals surface area contributed by atoms with Gasteiger partial charge in [0.1, 0.15) is 0 Å². The van der Waals surface area contributed by atoms with E-state index in [1.165, 1.54) is 0 Å². The molecule has 252 valence electrons. The first-order valence-corrected chi connectivity index (χ1v) is 17.8. The second-order valence-electron chi connectivity index (χ2n) is 12.2. The first kappa shape index (κ1) is 33.4. The number of nitrogens with one attached hydrogen (secondary N) is 3. The van der Waals surface area contributed by atoms with E-state index in [-0.39, 0.29) is 17.2 Å². The van der Waals surface area contributed by atoms with Crippen LogP contribution in [-0.2, 0) is 0 Å². The largest absolute Gasteiger partial charge is 0.398 e. The molecule has 1 aliphatic heterocycles. The zero-order chi connectivity index (χ0) is 35.7. The van der Waals surface area contributed by atoms with Crippen molar-refractivity contribution in [1.29, 1.82) is 0 Å². The van der Waals surface area contributed by atoms with Crippen molar-refractivity contribution in [2.75, 3.05) is 33.6 Å². The van der Waals surface area contributed by atoms with Gasteiger partial charge in [-0.3, -0.25) is 0 Å². The highest BCUT2D eigenvalue weighted by atomic mass is 35.5. The van der Waals surface area contributed by atoms with E-state index in [1.54, 1.807) is 0 Å². The van der Waals surface area contributed by atoms with Crippen molar-refractivity contribution >= 4 is 153 Å². The van der Waals surface area contributed by atoms with Crippen molar-refractivity contribution in [2.24, 2.45) is 0 Å². The van der Waals surface area contributed by atoms with Gasteiger partial charge in [-0.25, -0.2) is 0 Å². The van der Waals surface area contributed by atoms with Gasteiger partial charge >= 0.3 is 0 Å². The minimum atomic E-state index is -0.00756. The highest BCUT2D eigenvalue weighted by Gasteiger charge is 2.20. The van der Waals surface area contributed by atoms with E-state index in [1.807, 2.05) is 49.5 Å². The number of fused-ring (bicyclic) bond motifs is 3. The van der Waals surface area contributed by atoms with Crippen LogP contribution in [0.4, 0.5) is 46.0 Å². The van der Waals surface area contributed by atoms with E-state index in [0.717, 1.165) is 70.4 Å². The van der Waals surface area contributed by atoms with Crippen LogP contribution in [0.1, 0.15) is 0 Å². The van der Waals surface area contributed by atoms with Gasteiger partial charge in [0, 0.05) is 71.2 Å². The Morgan fingerprint density at radius 2 is 1.37 bits per heavy atom. The number of benzene rings is 6. The Balaban J connectivity index is 1.17. The Labute approximate surface area is 320 Å². The molecule has 1 aromatic heterocycles. The van der Waals surface area contributed by atoms with Crippen molar-refractivity contribution in [3.8, 4) is 0 Å². The van der Waals surface area contributed by atoms with Crippen molar-refractivity contribution in [1.82, 2.24) is 15.0 Å². The van der Waals surface area contributed by atoms with Gasteiger partial charge in [-0.15, -0.1) is 50.5 Å². The molecule has 6 aromatic carbocycles. The zero-order valence-electron chi connectivity index (χ0n) is 27.0. The molecule has 13 heteroatoms. The van der Waals surface area contributed by atoms with Crippen LogP contribution in [0.25, 0.3) is 45.0 Å². The molecule has 0 atom stereocenters. The topological polar surface area (TPSA) is 104 Å². The summed E-state index contributed by atoms with van der Waals surface area (Å²) >= 11 is 25.0. The number of nitrogen functional groups attached to an aromatic ring is 1. The van der Waals surface area contributed by atoms with E-state index in [0.29, 0.717) is 31.7 Å². The fourth-order valence-electron chi connectivity index (χ4n) is 6.51. The third-order valence-corrected chi connectivity index (χ3v) is 10.5. The number of anilines is 8. The molecule has 51 heavy (non-hydrogen) atoms. The van der Waals surface area contributed by atoms with E-state index >= 15 is 0 Å². The molecule has 5 N–H and O–H groups in total. The van der Waals surface area contributed by atoms with E-state index in [9.17, 15) is 0 Å². The summed E-state index contributed by atoms with van der Waals surface area (Å²) in [5, 5.41) is 18.3. The predicted molar refractivity (Wildman–Crippen MR) is 227 cm³/mol. The fourth-order valence-corrected chi connectivity index (χ4v) is 7.74. The zero-order valence-corrected chi connectivity index (χ0v) is 31.3. The highest BCUT2D eigenvalue weighted by molar-refractivity contribution is 7.81. The first-order chi connectivity index (χ1) is 24.4. The molecule has 0 aliphatic carbocycles. The molecule has 0 saturated heterocycles. The maximum Gasteiger partial charge on any atom is 0.233 e. The summed E-state index contributed by atoms with van der Waals surface area (Å²) in [4.78, 5) is 18.1. The van der Waals surface area contributed by atoms with Crippen molar-refractivity contribution in [3.05, 3.63) is 101 Å². The lowest BCUT2D eigenvalue weighted by Crippen LogP contribution is -2.26. The number of nitrogens with zero attached hydrogens (tertiary/aromatic N) is 4.